The van der Waals surface area contributed by atoms with Crippen LogP contribution in [0.15, 0.2) is 30.3 Å². The van der Waals surface area contributed by atoms with E-state index in [9.17, 15) is 13.2 Å². The summed E-state index contributed by atoms with van der Waals surface area (Å²) in [7, 11) is -2.22. The summed E-state index contributed by atoms with van der Waals surface area (Å²) < 4.78 is 24.8. The number of ketones is 1. The van der Waals surface area contributed by atoms with Crippen LogP contribution in [-0.4, -0.2) is 30.3 Å². The molecule has 5 heteroatoms. The quantitative estimate of drug-likeness (QED) is 0.851. The number of rotatable bonds is 3. The van der Waals surface area contributed by atoms with Crippen LogP contribution < -0.4 is 0 Å². The van der Waals surface area contributed by atoms with Crippen molar-refractivity contribution in [3.63, 3.8) is 0 Å². The highest BCUT2D eigenvalue weighted by Gasteiger charge is 2.43. The highest BCUT2D eigenvalue weighted by molar-refractivity contribution is 8.03. The van der Waals surface area contributed by atoms with Crippen molar-refractivity contribution in [3.8, 4) is 0 Å². The molecule has 120 valence electrons. The van der Waals surface area contributed by atoms with Crippen molar-refractivity contribution in [2.24, 2.45) is 5.92 Å². The second-order valence-electron chi connectivity index (χ2n) is 6.15. The second kappa shape index (κ2) is 7.18. The van der Waals surface area contributed by atoms with E-state index in [1.54, 1.807) is 0 Å². The Labute approximate surface area is 136 Å². The van der Waals surface area contributed by atoms with E-state index in [1.165, 1.54) is 0 Å². The highest BCUT2D eigenvalue weighted by atomic mass is 32.2. The van der Waals surface area contributed by atoms with Gasteiger partial charge in [-0.2, -0.15) is 0 Å². The number of benzene rings is 1. The summed E-state index contributed by atoms with van der Waals surface area (Å²) >= 11 is 0. The maximum Gasteiger partial charge on any atom is 0.136 e. The minimum Gasteiger partial charge on any atom is -0.299 e. The summed E-state index contributed by atoms with van der Waals surface area (Å²) in [6, 6.07) is 9.83. The normalized spacial score (nSPS) is 31.8. The van der Waals surface area contributed by atoms with E-state index in [0.29, 0.717) is 17.9 Å². The number of carbonyl (C=O) groups is 1. The van der Waals surface area contributed by atoms with Crippen LogP contribution in [0.4, 0.5) is 0 Å². The summed E-state index contributed by atoms with van der Waals surface area (Å²) in [4.78, 5) is 12.5. The molecule has 1 saturated carbocycles. The summed E-state index contributed by atoms with van der Waals surface area (Å²) in [6.45, 7) is 0. The van der Waals surface area contributed by atoms with Crippen molar-refractivity contribution in [2.75, 3.05) is 11.5 Å². The number of hydrogen-bond donors (Lipinski definition) is 0. The van der Waals surface area contributed by atoms with Gasteiger partial charge in [-0.05, 0) is 24.8 Å². The van der Waals surface area contributed by atoms with Gasteiger partial charge in [0.1, 0.15) is 10.4 Å². The van der Waals surface area contributed by atoms with E-state index in [2.05, 4.69) is 0 Å². The number of carbonyl (C=O) groups excluding carboxylic acids is 1. The Morgan fingerprint density at radius 3 is 2.27 bits per heavy atom. The second-order valence-corrected chi connectivity index (χ2v) is 9.80. The molecule has 3 rings (SSSR count). The Morgan fingerprint density at radius 2 is 1.64 bits per heavy atom. The van der Waals surface area contributed by atoms with Crippen molar-refractivity contribution >= 4 is 27.4 Å². The Balaban J connectivity index is 2.00. The fraction of sp³-hybridized carbons (Fsp3) is 0.588. The van der Waals surface area contributed by atoms with Crippen molar-refractivity contribution < 1.29 is 13.2 Å². The number of Topliss-reactive ketones (excluding diaryl/α,β-unsaturated/α-hetero) is 1. The smallest absolute Gasteiger partial charge is 0.136 e. The van der Waals surface area contributed by atoms with Gasteiger partial charge in [-0.3, -0.25) is 13.2 Å². The molecule has 0 radical (unpaired) electrons. The fourth-order valence-corrected chi connectivity index (χ4v) is 8.05. The molecule has 0 spiro atoms. The van der Waals surface area contributed by atoms with Gasteiger partial charge in [0.25, 0.3) is 0 Å². The molecule has 2 aliphatic rings. The summed E-state index contributed by atoms with van der Waals surface area (Å²) in [5.41, 5.74) is 1.02. The Hall–Kier alpha value is -0.810. The Bertz CT molecular complexity index is 569. The van der Waals surface area contributed by atoms with E-state index < -0.39 is 21.6 Å². The standard InChI is InChI=1S/C17H22O3S2/c18-15-10-5-4-9-14(15)16(13-7-2-1-3-8-13)17-21(19)11-6-12-22(17)20/h1-3,7-8,14,16-17H,4-6,9-12H2/t14-,16+,21-,22-/m1/s1. The van der Waals surface area contributed by atoms with E-state index in [4.69, 9.17) is 0 Å². The first kappa shape index (κ1) is 16.1. The topological polar surface area (TPSA) is 51.2 Å². The zero-order chi connectivity index (χ0) is 15.5. The van der Waals surface area contributed by atoms with E-state index in [-0.39, 0.29) is 22.2 Å². The zero-order valence-corrected chi connectivity index (χ0v) is 14.2. The molecule has 4 atom stereocenters. The number of hydrogen-bond acceptors (Lipinski definition) is 3. The Kier molecular flexibility index (Phi) is 5.24. The molecular formula is C17H22O3S2. The Morgan fingerprint density at radius 1 is 0.955 bits per heavy atom. The molecule has 1 heterocycles. The van der Waals surface area contributed by atoms with Gasteiger partial charge in [0, 0.05) is 51.4 Å². The third-order valence-corrected chi connectivity index (χ3v) is 9.02. The molecule has 1 aliphatic heterocycles. The van der Waals surface area contributed by atoms with Crippen LogP contribution in [0, 0.1) is 5.92 Å². The maximum absolute atomic E-state index is 12.6. The van der Waals surface area contributed by atoms with Gasteiger partial charge in [-0.25, -0.2) is 0 Å². The molecule has 3 nitrogen and oxygen atoms in total. The van der Waals surface area contributed by atoms with Crippen LogP contribution in [0.25, 0.3) is 0 Å². The first-order valence-corrected chi connectivity index (χ1v) is 10.8. The van der Waals surface area contributed by atoms with Crippen molar-refractivity contribution in [2.45, 2.75) is 42.6 Å². The van der Waals surface area contributed by atoms with Gasteiger partial charge >= 0.3 is 0 Å². The predicted molar refractivity (Wildman–Crippen MR) is 90.6 cm³/mol. The monoisotopic (exact) mass is 338 g/mol. The van der Waals surface area contributed by atoms with Crippen LogP contribution >= 0.6 is 0 Å². The molecule has 2 fully saturated rings. The SMILES string of the molecule is O=C1CCCC[C@H]1[C@H](c1ccccc1)C1[S@](=O)CCC[S@]1=O. The molecular weight excluding hydrogens is 316 g/mol. The average molecular weight is 338 g/mol. The lowest BCUT2D eigenvalue weighted by Crippen LogP contribution is -2.41. The first-order valence-electron chi connectivity index (χ1n) is 8.00. The lowest BCUT2D eigenvalue weighted by atomic mass is 9.76. The van der Waals surface area contributed by atoms with Crippen LogP contribution in [0.2, 0.25) is 0 Å². The largest absolute Gasteiger partial charge is 0.299 e. The van der Waals surface area contributed by atoms with Gasteiger partial charge in [0.05, 0.1) is 0 Å². The lowest BCUT2D eigenvalue weighted by molar-refractivity contribution is -0.125. The predicted octanol–water partition coefficient (Wildman–Crippen LogP) is 2.76. The van der Waals surface area contributed by atoms with Gasteiger partial charge in [-0.15, -0.1) is 0 Å². The molecule has 1 aromatic rings. The van der Waals surface area contributed by atoms with Gasteiger partial charge in [0.15, 0.2) is 0 Å². The van der Waals surface area contributed by atoms with E-state index in [0.717, 1.165) is 31.2 Å². The third-order valence-electron chi connectivity index (χ3n) is 4.72. The molecule has 0 aromatic heterocycles. The molecule has 22 heavy (non-hydrogen) atoms. The van der Waals surface area contributed by atoms with Crippen LogP contribution in [0.5, 0.6) is 0 Å². The van der Waals surface area contributed by atoms with Crippen molar-refractivity contribution in [3.05, 3.63) is 35.9 Å². The molecule has 0 amide bonds. The van der Waals surface area contributed by atoms with Gasteiger partial charge in [0.2, 0.25) is 0 Å². The summed E-state index contributed by atoms with van der Waals surface area (Å²) in [6.07, 6.45) is 4.19. The first-order chi connectivity index (χ1) is 10.7. The lowest BCUT2D eigenvalue weighted by Gasteiger charge is -2.36. The van der Waals surface area contributed by atoms with Gasteiger partial charge in [-0.1, -0.05) is 36.8 Å². The molecule has 1 saturated heterocycles. The average Bonchev–Trinajstić information content (AvgIpc) is 2.53. The molecule has 0 unspecified atom stereocenters. The van der Waals surface area contributed by atoms with Gasteiger partial charge < -0.3 is 0 Å². The van der Waals surface area contributed by atoms with Crippen LogP contribution in [0.1, 0.15) is 43.6 Å². The van der Waals surface area contributed by atoms with E-state index in [1.807, 2.05) is 30.3 Å². The van der Waals surface area contributed by atoms with Crippen molar-refractivity contribution in [1.82, 2.24) is 0 Å². The van der Waals surface area contributed by atoms with E-state index >= 15 is 0 Å². The third kappa shape index (κ3) is 3.25. The maximum atomic E-state index is 12.6. The van der Waals surface area contributed by atoms with Crippen LogP contribution in [0.3, 0.4) is 0 Å². The minimum absolute atomic E-state index is 0.118. The summed E-state index contributed by atoms with van der Waals surface area (Å²) in [5, 5.41) is 0. The molecule has 1 aliphatic carbocycles. The summed E-state index contributed by atoms with van der Waals surface area (Å²) in [5.74, 6) is 1.21. The molecule has 1 aromatic carbocycles. The molecule has 0 N–H and O–H groups in total. The zero-order valence-electron chi connectivity index (χ0n) is 12.6. The highest BCUT2D eigenvalue weighted by Crippen LogP contribution is 2.40. The fourth-order valence-electron chi connectivity index (χ4n) is 3.67. The van der Waals surface area contributed by atoms with Crippen LogP contribution in [-0.2, 0) is 26.4 Å². The minimum atomic E-state index is -1.11. The van der Waals surface area contributed by atoms with Crippen molar-refractivity contribution in [1.29, 1.82) is 0 Å². The molecule has 0 bridgehead atoms.